The minimum absolute atomic E-state index is 0. The minimum atomic E-state index is -0.387. The molecule has 4 nitrogen and oxygen atoms in total. The molecule has 1 aromatic carbocycles. The molecule has 2 aromatic rings. The number of benzene rings is 1. The Morgan fingerprint density at radius 1 is 1.38 bits per heavy atom. The van der Waals surface area contributed by atoms with Crippen LogP contribution in [-0.4, -0.2) is 18.5 Å². The number of halogens is 2. The van der Waals surface area contributed by atoms with Gasteiger partial charge in [0.05, 0.1) is 6.61 Å². The predicted octanol–water partition coefficient (Wildman–Crippen LogP) is 0.965. The Hall–Kier alpha value is -1.34. The lowest BCUT2D eigenvalue weighted by atomic mass is 10.2. The van der Waals surface area contributed by atoms with Crippen molar-refractivity contribution in [1.82, 2.24) is 0 Å². The molecule has 1 aromatic heterocycles. The van der Waals surface area contributed by atoms with E-state index in [0.717, 1.165) is 9.90 Å². The van der Waals surface area contributed by atoms with Gasteiger partial charge in [-0.1, -0.05) is 29.8 Å². The van der Waals surface area contributed by atoms with E-state index < -0.39 is 0 Å². The summed E-state index contributed by atoms with van der Waals surface area (Å²) in [5, 5.41) is 0.595. The van der Waals surface area contributed by atoms with Gasteiger partial charge in [0, 0.05) is 23.7 Å². The first-order valence-electron chi connectivity index (χ1n) is 6.94. The lowest BCUT2D eigenvalue weighted by molar-refractivity contribution is -0.606. The van der Waals surface area contributed by atoms with Crippen molar-refractivity contribution in [2.75, 3.05) is 6.61 Å². The van der Waals surface area contributed by atoms with Crippen LogP contribution in [0.4, 0.5) is 0 Å². The number of carbonyl (C=O) groups excluding carboxylic acids is 2. The number of hydrogen-bond acceptors (Lipinski definition) is 5. The van der Waals surface area contributed by atoms with Crippen LogP contribution in [0.3, 0.4) is 0 Å². The lowest BCUT2D eigenvalue weighted by Gasteiger charge is -1.98. The Balaban J connectivity index is 0.00000208. The number of ether oxygens (including phenoxy) is 1. The van der Waals surface area contributed by atoms with E-state index in [0.29, 0.717) is 27.1 Å². The van der Waals surface area contributed by atoms with Gasteiger partial charge in [-0.2, -0.15) is 0 Å². The van der Waals surface area contributed by atoms with E-state index in [1.54, 1.807) is 30.6 Å². The van der Waals surface area contributed by atoms with Crippen molar-refractivity contribution < 1.29 is 31.3 Å². The van der Waals surface area contributed by atoms with Crippen molar-refractivity contribution in [3.8, 4) is 0 Å². The maximum absolute atomic E-state index is 12.6. The number of fused-ring (bicyclic) bond motifs is 1. The van der Waals surface area contributed by atoms with E-state index in [2.05, 4.69) is 0 Å². The van der Waals surface area contributed by atoms with Crippen LogP contribution < -0.4 is 17.0 Å². The molecule has 0 N–H and O–H groups in total. The quantitative estimate of drug-likeness (QED) is 0.436. The molecule has 8 heteroatoms. The molecular weight excluding hydrogens is 389 g/mol. The molecule has 3 rings (SSSR count). The number of thioether (sulfide) groups is 1. The normalized spacial score (nSPS) is 14.5. The largest absolute Gasteiger partial charge is 1.00 e. The highest BCUT2D eigenvalue weighted by Crippen LogP contribution is 2.38. The number of allylic oxidation sites excluding steroid dienone is 1. The molecule has 0 unspecified atom stereocenters. The zero-order chi connectivity index (χ0) is 16.6. The van der Waals surface area contributed by atoms with Crippen LogP contribution in [0.25, 0.3) is 6.08 Å². The third kappa shape index (κ3) is 3.37. The summed E-state index contributed by atoms with van der Waals surface area (Å²) in [6, 6.07) is 7.35. The monoisotopic (exact) mass is 401 g/mol. The van der Waals surface area contributed by atoms with E-state index in [-0.39, 0.29) is 24.3 Å². The van der Waals surface area contributed by atoms with Gasteiger partial charge in [-0.3, -0.25) is 0 Å². The van der Waals surface area contributed by atoms with Crippen LogP contribution in [-0.2, 0) is 4.74 Å². The van der Waals surface area contributed by atoms with Crippen molar-refractivity contribution >= 4 is 52.7 Å². The summed E-state index contributed by atoms with van der Waals surface area (Å²) < 4.78 is 7.34. The first kappa shape index (κ1) is 19.0. The molecule has 1 aliphatic heterocycles. The number of hydrogen-bond donors (Lipinski definition) is 0. The zero-order valence-electron chi connectivity index (χ0n) is 12.8. The summed E-state index contributed by atoms with van der Waals surface area (Å²) in [5.41, 5.74) is 1.41. The molecule has 0 amide bonds. The van der Waals surface area contributed by atoms with Crippen LogP contribution in [0.1, 0.15) is 32.6 Å². The molecule has 0 saturated carbocycles. The first-order chi connectivity index (χ1) is 11.0. The van der Waals surface area contributed by atoms with Crippen molar-refractivity contribution in [1.29, 1.82) is 0 Å². The number of thiazole rings is 1. The van der Waals surface area contributed by atoms with Gasteiger partial charge in [-0.15, -0.1) is 4.57 Å². The second-order valence-electron chi connectivity index (χ2n) is 4.78. The number of carbonyl (C=O) groups is 2. The van der Waals surface area contributed by atoms with Crippen LogP contribution in [0, 0.1) is 6.92 Å². The molecule has 0 aliphatic carbocycles. The van der Waals surface area contributed by atoms with Crippen molar-refractivity contribution in [3.05, 3.63) is 50.3 Å². The van der Waals surface area contributed by atoms with Gasteiger partial charge >= 0.3 is 16.2 Å². The third-order valence-electron chi connectivity index (χ3n) is 3.30. The van der Waals surface area contributed by atoms with E-state index >= 15 is 0 Å². The topological polar surface area (TPSA) is 47.2 Å². The first-order valence-corrected chi connectivity index (χ1v) is 8.95. The molecule has 0 spiro atoms. The number of aromatic nitrogens is 1. The van der Waals surface area contributed by atoms with Gasteiger partial charge in [-0.25, -0.2) is 9.59 Å². The van der Waals surface area contributed by atoms with Crippen LogP contribution >= 0.6 is 34.7 Å². The Bertz CT molecular complexity index is 846. The van der Waals surface area contributed by atoms with Crippen LogP contribution in [0.2, 0.25) is 5.02 Å². The maximum atomic E-state index is 12.6. The Labute approximate surface area is 158 Å². The maximum Gasteiger partial charge on any atom is 0.433 e. The van der Waals surface area contributed by atoms with Crippen LogP contribution in [0.5, 0.6) is 0 Å². The Morgan fingerprint density at radius 3 is 2.71 bits per heavy atom. The summed E-state index contributed by atoms with van der Waals surface area (Å²) in [5.74, 6) is -0.531. The molecule has 0 bridgehead atoms. The van der Waals surface area contributed by atoms with Gasteiger partial charge < -0.3 is 17.1 Å². The average Bonchev–Trinajstić information content (AvgIpc) is 3.00. The van der Waals surface area contributed by atoms with Crippen molar-refractivity contribution in [3.63, 3.8) is 0 Å². The molecule has 0 fully saturated rings. The molecule has 1 aliphatic rings. The molecule has 24 heavy (non-hydrogen) atoms. The second kappa shape index (κ2) is 7.70. The molecule has 0 atom stereocenters. The lowest BCUT2D eigenvalue weighted by Crippen LogP contribution is -3.00. The highest BCUT2D eigenvalue weighted by molar-refractivity contribution is 8.05. The van der Waals surface area contributed by atoms with Gasteiger partial charge in [0.15, 0.2) is 4.88 Å². The molecule has 2 heterocycles. The van der Waals surface area contributed by atoms with Crippen LogP contribution in [0.15, 0.2) is 33.5 Å². The van der Waals surface area contributed by atoms with Gasteiger partial charge in [-0.05, 0) is 36.0 Å². The second-order valence-corrected chi connectivity index (χ2v) is 7.47. The average molecular weight is 402 g/mol. The van der Waals surface area contributed by atoms with Crippen molar-refractivity contribution in [2.45, 2.75) is 18.2 Å². The van der Waals surface area contributed by atoms with Gasteiger partial charge in [0.25, 0.3) is 0 Å². The molecular formula is C16H13Cl2NO3S2. The van der Waals surface area contributed by atoms with E-state index in [4.69, 9.17) is 16.3 Å². The Kier molecular flexibility index (Phi) is 6.09. The molecule has 126 valence electrons. The summed E-state index contributed by atoms with van der Waals surface area (Å²) in [6.45, 7) is 3.82. The predicted molar refractivity (Wildman–Crippen MR) is 91.1 cm³/mol. The fourth-order valence-corrected chi connectivity index (χ4v) is 4.81. The SMILES string of the molecule is CCOC(=O)c1sc2[n+](c1C)C(=O)/C(=C/c1ccccc1Cl)S2.[Cl-]. The fourth-order valence-electron chi connectivity index (χ4n) is 2.21. The summed E-state index contributed by atoms with van der Waals surface area (Å²) in [6.07, 6.45) is 1.78. The number of nitrogens with zero attached hydrogens (tertiary/aromatic N) is 1. The third-order valence-corrected chi connectivity index (χ3v) is 6.04. The summed E-state index contributed by atoms with van der Waals surface area (Å²) in [4.78, 5) is 25.6. The molecule has 0 saturated heterocycles. The highest BCUT2D eigenvalue weighted by Gasteiger charge is 2.43. The summed E-state index contributed by atoms with van der Waals surface area (Å²) >= 11 is 8.76. The smallest absolute Gasteiger partial charge is 0.433 e. The zero-order valence-corrected chi connectivity index (χ0v) is 16.0. The molecule has 0 radical (unpaired) electrons. The van der Waals surface area contributed by atoms with E-state index in [9.17, 15) is 9.59 Å². The Morgan fingerprint density at radius 2 is 2.08 bits per heavy atom. The van der Waals surface area contributed by atoms with Gasteiger partial charge in [0.2, 0.25) is 5.69 Å². The van der Waals surface area contributed by atoms with Crippen molar-refractivity contribution in [2.24, 2.45) is 0 Å². The minimum Gasteiger partial charge on any atom is -1.00 e. The summed E-state index contributed by atoms with van der Waals surface area (Å²) in [7, 11) is 0. The highest BCUT2D eigenvalue weighted by atomic mass is 35.5. The van der Waals surface area contributed by atoms with E-state index in [1.165, 1.54) is 23.1 Å². The number of rotatable bonds is 3. The fraction of sp³-hybridized carbons (Fsp3) is 0.188. The number of esters is 1. The van der Waals surface area contributed by atoms with Gasteiger partial charge in [0.1, 0.15) is 4.91 Å². The van der Waals surface area contributed by atoms with E-state index in [1.807, 2.05) is 18.2 Å². The standard InChI is InChI=1S/C16H13ClNO3S2.ClH/c1-3-21-15(20)13-9(2)18-14(19)12(22-16(18)23-13)8-10-6-4-5-7-11(10)17;/h4-8H,3H2,1-2H3;1H/q+1;/p-1/b12-8-;.